The molecule has 0 atom stereocenters. The fraction of sp³-hybridized carbons (Fsp3) is 0.310. The fourth-order valence-electron chi connectivity index (χ4n) is 4.48. The third kappa shape index (κ3) is 7.13. The highest BCUT2D eigenvalue weighted by Crippen LogP contribution is 2.31. The highest BCUT2D eigenvalue weighted by Gasteiger charge is 2.24. The number of aryl methyl sites for hydroxylation is 1. The van der Waals surface area contributed by atoms with E-state index in [1.165, 1.54) is 0 Å². The van der Waals surface area contributed by atoms with Crippen molar-refractivity contribution in [3.05, 3.63) is 76.8 Å². The Hall–Kier alpha value is -3.95. The summed E-state index contributed by atoms with van der Waals surface area (Å²) < 4.78 is 10.6. The first-order chi connectivity index (χ1) is 18.9. The van der Waals surface area contributed by atoms with E-state index in [0.29, 0.717) is 35.1 Å². The van der Waals surface area contributed by atoms with E-state index >= 15 is 0 Å². The number of ether oxygens (including phenoxy) is 2. The number of carbonyl (C=O) groups excluding carboxylic acids is 2. The van der Waals surface area contributed by atoms with Gasteiger partial charge < -0.3 is 35.2 Å². The van der Waals surface area contributed by atoms with Crippen LogP contribution < -0.4 is 30.5 Å². The Kier molecular flexibility index (Phi) is 9.51. The molecule has 0 aromatic heterocycles. The molecule has 0 spiro atoms. The molecule has 1 aliphatic heterocycles. The second-order valence-corrected chi connectivity index (χ2v) is 9.58. The molecule has 1 saturated heterocycles. The first kappa shape index (κ1) is 28.1. The number of para-hydroxylation sites is 2. The Morgan fingerprint density at radius 2 is 1.51 bits per heavy atom. The minimum absolute atomic E-state index is 0.233. The first-order valence-corrected chi connectivity index (χ1v) is 13.2. The van der Waals surface area contributed by atoms with Crippen molar-refractivity contribution < 1.29 is 19.1 Å². The molecule has 206 valence electrons. The number of rotatable bonds is 9. The summed E-state index contributed by atoms with van der Waals surface area (Å²) in [5.41, 5.74) is 4.33. The molecule has 1 aliphatic rings. The van der Waals surface area contributed by atoms with Gasteiger partial charge in [-0.05, 0) is 55.0 Å². The van der Waals surface area contributed by atoms with Crippen LogP contribution in [0.3, 0.4) is 0 Å². The van der Waals surface area contributed by atoms with Gasteiger partial charge in [-0.2, -0.15) is 0 Å². The SMILES string of the molecule is COCCNC(=O)c1cc(NC(=O)Nc2ccc(C)c(Cl)c2)ccc1N1CCN(c2ccccc2OC)CC1. The van der Waals surface area contributed by atoms with Gasteiger partial charge >= 0.3 is 6.03 Å². The Bertz CT molecular complexity index is 1310. The second kappa shape index (κ2) is 13.2. The van der Waals surface area contributed by atoms with Crippen LogP contribution in [0.5, 0.6) is 5.75 Å². The summed E-state index contributed by atoms with van der Waals surface area (Å²) in [7, 11) is 3.26. The van der Waals surface area contributed by atoms with Gasteiger partial charge in [-0.1, -0.05) is 29.8 Å². The molecule has 0 unspecified atom stereocenters. The average molecular weight is 552 g/mol. The lowest BCUT2D eigenvalue weighted by Gasteiger charge is -2.38. The van der Waals surface area contributed by atoms with Crippen molar-refractivity contribution in [3.63, 3.8) is 0 Å². The van der Waals surface area contributed by atoms with Crippen molar-refractivity contribution in [2.45, 2.75) is 6.92 Å². The minimum atomic E-state index is -0.432. The van der Waals surface area contributed by atoms with Gasteiger partial charge in [0.15, 0.2) is 0 Å². The monoisotopic (exact) mass is 551 g/mol. The lowest BCUT2D eigenvalue weighted by Crippen LogP contribution is -2.47. The molecule has 1 heterocycles. The number of methoxy groups -OCH3 is 2. The van der Waals surface area contributed by atoms with E-state index in [1.54, 1.807) is 38.5 Å². The van der Waals surface area contributed by atoms with Crippen molar-refractivity contribution in [3.8, 4) is 5.75 Å². The Labute approximate surface area is 234 Å². The number of nitrogens with zero attached hydrogens (tertiary/aromatic N) is 2. The van der Waals surface area contributed by atoms with Crippen molar-refractivity contribution >= 4 is 46.3 Å². The second-order valence-electron chi connectivity index (χ2n) is 9.17. The Morgan fingerprint density at radius 3 is 2.18 bits per heavy atom. The number of hydrogen-bond donors (Lipinski definition) is 3. The van der Waals surface area contributed by atoms with E-state index in [4.69, 9.17) is 21.1 Å². The zero-order valence-corrected chi connectivity index (χ0v) is 23.2. The maximum absolute atomic E-state index is 13.2. The smallest absolute Gasteiger partial charge is 0.323 e. The van der Waals surface area contributed by atoms with Gasteiger partial charge in [-0.25, -0.2) is 4.79 Å². The average Bonchev–Trinajstić information content (AvgIpc) is 2.95. The molecule has 0 radical (unpaired) electrons. The van der Waals surface area contributed by atoms with Crippen LogP contribution in [-0.4, -0.2) is 65.5 Å². The maximum Gasteiger partial charge on any atom is 0.323 e. The van der Waals surface area contributed by atoms with Gasteiger partial charge in [-0.3, -0.25) is 4.79 Å². The van der Waals surface area contributed by atoms with Crippen molar-refractivity contribution in [1.29, 1.82) is 0 Å². The molecular formula is C29H34ClN5O4. The number of urea groups is 1. The van der Waals surface area contributed by atoms with Crippen LogP contribution in [0.1, 0.15) is 15.9 Å². The lowest BCUT2D eigenvalue weighted by molar-refractivity contribution is 0.0937. The van der Waals surface area contributed by atoms with E-state index in [0.717, 1.165) is 48.9 Å². The van der Waals surface area contributed by atoms with Gasteiger partial charge in [0, 0.05) is 61.9 Å². The lowest BCUT2D eigenvalue weighted by atomic mass is 10.1. The van der Waals surface area contributed by atoms with Crippen LogP contribution >= 0.6 is 11.6 Å². The topological polar surface area (TPSA) is 95.2 Å². The molecule has 1 fully saturated rings. The number of anilines is 4. The summed E-state index contributed by atoms with van der Waals surface area (Å²) in [5.74, 6) is 0.606. The number of halogens is 1. The van der Waals surface area contributed by atoms with Crippen molar-refractivity contribution in [2.24, 2.45) is 0 Å². The van der Waals surface area contributed by atoms with Crippen molar-refractivity contribution in [2.75, 3.05) is 74.0 Å². The third-order valence-corrected chi connectivity index (χ3v) is 6.97. The number of amides is 3. The van der Waals surface area contributed by atoms with E-state index in [2.05, 4.69) is 31.8 Å². The van der Waals surface area contributed by atoms with Crippen LogP contribution in [0.25, 0.3) is 0 Å². The van der Waals surface area contributed by atoms with E-state index in [9.17, 15) is 9.59 Å². The number of carbonyl (C=O) groups is 2. The summed E-state index contributed by atoms with van der Waals surface area (Å²) in [6.07, 6.45) is 0. The largest absolute Gasteiger partial charge is 0.495 e. The molecule has 0 aliphatic carbocycles. The van der Waals surface area contributed by atoms with Gasteiger partial charge in [0.2, 0.25) is 0 Å². The Balaban J connectivity index is 1.50. The number of nitrogens with one attached hydrogen (secondary N) is 3. The number of piperazine rings is 1. The maximum atomic E-state index is 13.2. The summed E-state index contributed by atoms with van der Waals surface area (Å²) in [6.45, 7) is 5.65. The van der Waals surface area contributed by atoms with Gasteiger partial charge in [0.1, 0.15) is 5.75 Å². The van der Waals surface area contributed by atoms with E-state index in [-0.39, 0.29) is 5.91 Å². The van der Waals surface area contributed by atoms with Crippen LogP contribution in [0, 0.1) is 6.92 Å². The molecule has 9 nitrogen and oxygen atoms in total. The van der Waals surface area contributed by atoms with Crippen LogP contribution in [0.2, 0.25) is 5.02 Å². The Morgan fingerprint density at radius 1 is 0.872 bits per heavy atom. The zero-order valence-electron chi connectivity index (χ0n) is 22.4. The minimum Gasteiger partial charge on any atom is -0.495 e. The number of benzene rings is 3. The van der Waals surface area contributed by atoms with Gasteiger partial charge in [0.25, 0.3) is 5.91 Å². The van der Waals surface area contributed by atoms with Crippen LogP contribution in [-0.2, 0) is 4.74 Å². The molecule has 0 saturated carbocycles. The highest BCUT2D eigenvalue weighted by molar-refractivity contribution is 6.31. The summed E-state index contributed by atoms with van der Waals surface area (Å²) in [4.78, 5) is 30.3. The van der Waals surface area contributed by atoms with E-state index in [1.807, 2.05) is 37.3 Å². The summed E-state index contributed by atoms with van der Waals surface area (Å²) in [6, 6.07) is 18.2. The van der Waals surface area contributed by atoms with Crippen LogP contribution in [0.15, 0.2) is 60.7 Å². The highest BCUT2D eigenvalue weighted by atomic mass is 35.5. The molecule has 39 heavy (non-hydrogen) atoms. The normalized spacial score (nSPS) is 13.1. The summed E-state index contributed by atoms with van der Waals surface area (Å²) in [5, 5.41) is 9.07. The standard InChI is InChI=1S/C29H34ClN5O4/c1-20-8-9-22(19-24(20)30)33-29(37)32-21-10-11-25(23(18-21)28(36)31-12-17-38-2)34-13-15-35(16-14-34)26-6-4-5-7-27(26)39-3/h4-11,18-19H,12-17H2,1-3H3,(H,31,36)(H2,32,33,37). The van der Waals surface area contributed by atoms with Gasteiger partial charge in [-0.15, -0.1) is 0 Å². The summed E-state index contributed by atoms with van der Waals surface area (Å²) >= 11 is 6.18. The molecule has 3 aromatic rings. The van der Waals surface area contributed by atoms with Gasteiger partial charge in [0.05, 0.1) is 25.0 Å². The molecule has 3 aromatic carbocycles. The quantitative estimate of drug-likeness (QED) is 0.324. The molecule has 10 heteroatoms. The number of hydrogen-bond acceptors (Lipinski definition) is 6. The third-order valence-electron chi connectivity index (χ3n) is 6.57. The molecule has 3 amide bonds. The predicted octanol–water partition coefficient (Wildman–Crippen LogP) is 5.00. The predicted molar refractivity (Wildman–Crippen MR) is 157 cm³/mol. The first-order valence-electron chi connectivity index (χ1n) is 12.8. The zero-order chi connectivity index (χ0) is 27.8. The molecule has 3 N–H and O–H groups in total. The van der Waals surface area contributed by atoms with E-state index < -0.39 is 6.03 Å². The van der Waals surface area contributed by atoms with Crippen molar-refractivity contribution in [1.82, 2.24) is 5.32 Å². The molecule has 0 bridgehead atoms. The molecule has 4 rings (SSSR count). The molecular weight excluding hydrogens is 518 g/mol. The fourth-order valence-corrected chi connectivity index (χ4v) is 4.66. The van der Waals surface area contributed by atoms with Crippen LogP contribution in [0.4, 0.5) is 27.5 Å².